The molecule has 11 aromatic carbocycles. The molecule has 0 nitrogen and oxygen atoms in total. The van der Waals surface area contributed by atoms with Crippen LogP contribution in [0.2, 0.25) is 0 Å². The van der Waals surface area contributed by atoms with Gasteiger partial charge in [-0.15, -0.1) is 0 Å². The van der Waals surface area contributed by atoms with Crippen LogP contribution < -0.4 is 0 Å². The molecule has 106 heavy (non-hydrogen) atoms. The summed E-state index contributed by atoms with van der Waals surface area (Å²) in [6.45, 7) is 9.31. The number of unbranched alkanes of at least 4 members (excludes halogenated alkanes) is 20. The number of fused-ring (bicyclic) bond motifs is 8. The van der Waals surface area contributed by atoms with Gasteiger partial charge in [-0.3, -0.25) is 0 Å². The second kappa shape index (κ2) is 33.4. The van der Waals surface area contributed by atoms with Gasteiger partial charge in [0.15, 0.2) is 0 Å². The monoisotopic (exact) mass is 1390 g/mol. The first-order valence-electron chi connectivity index (χ1n) is 42.0. The van der Waals surface area contributed by atoms with Crippen LogP contribution in [0.1, 0.15) is 293 Å². The topological polar surface area (TPSA) is 0 Å². The molecule has 0 radical (unpaired) electrons. The summed E-state index contributed by atoms with van der Waals surface area (Å²) in [4.78, 5) is 0. The van der Waals surface area contributed by atoms with Crippen LogP contribution in [0.3, 0.4) is 0 Å². The quantitative estimate of drug-likeness (QED) is 0.0343. The fourth-order valence-corrected chi connectivity index (χ4v) is 20.3. The highest BCUT2D eigenvalue weighted by molar-refractivity contribution is 6.19. The van der Waals surface area contributed by atoms with Crippen molar-refractivity contribution in [1.29, 1.82) is 0 Å². The SMILES string of the molecule is CCCCCCCCc1ccc(C2(c3ccc(CCCCCCCC)cc3)C3=C(c4cc5c(cc42)C2=C(c4ccccc4C2(c2ccccc2)c2ccccc2)C5(c2ccc(CCCCCCCC)cc2)c2ccc(CCCCCCCC)cc2)C(c2ccccc2)(c2ccccc2)c2ccccc23)cc1. The number of hydrogen-bond acceptors (Lipinski definition) is 0. The van der Waals surface area contributed by atoms with Gasteiger partial charge in [0.2, 0.25) is 0 Å². The van der Waals surface area contributed by atoms with Crippen LogP contribution in [0, 0.1) is 0 Å². The van der Waals surface area contributed by atoms with Gasteiger partial charge in [0.05, 0.1) is 21.7 Å². The van der Waals surface area contributed by atoms with Crippen molar-refractivity contribution in [3.8, 4) is 0 Å². The molecule has 4 aliphatic carbocycles. The Kier molecular flexibility index (Phi) is 22.8. The van der Waals surface area contributed by atoms with Crippen LogP contribution >= 0.6 is 0 Å². The standard InChI is InChI=1S/C106H114/c1-5-9-13-17-21-29-45-79-61-69-87(70-62-79)105(88-71-63-80(64-72-88)46-30-22-18-14-10-6-2)97-77-94-98(78-93(97)101-99(105)91-57-41-43-59-95(91)103(101,83-49-33-25-34-50-83)84-51-35-26-36-52-84)106(89-73-65-81(66-74-89)47-31-23-19-15-11-7-3,90-75-67-82(68-76-90)48-32-24-20-16-12-8-4)100-92-58-42-44-60-96(92)104(102(94)100,85-53-37-27-38-54-85)86-55-39-28-40-56-86/h25-28,33-44,49-78H,5-24,29-32,45-48H2,1-4H3. The van der Waals surface area contributed by atoms with Crippen molar-refractivity contribution in [3.63, 3.8) is 0 Å². The highest BCUT2D eigenvalue weighted by Gasteiger charge is 2.64. The Morgan fingerprint density at radius 3 is 0.623 bits per heavy atom. The van der Waals surface area contributed by atoms with Crippen LogP contribution in [-0.2, 0) is 47.3 Å². The Bertz CT molecular complexity index is 4250. The molecule has 0 amide bonds. The summed E-state index contributed by atoms with van der Waals surface area (Å²) >= 11 is 0. The molecule has 538 valence electrons. The van der Waals surface area contributed by atoms with Gasteiger partial charge < -0.3 is 0 Å². The molecular formula is C106H114. The first-order valence-corrected chi connectivity index (χ1v) is 42.0. The van der Waals surface area contributed by atoms with Crippen molar-refractivity contribution >= 4 is 22.3 Å². The molecule has 11 aromatic rings. The van der Waals surface area contributed by atoms with Crippen molar-refractivity contribution in [3.05, 3.63) is 390 Å². The normalized spacial score (nSPS) is 15.1. The van der Waals surface area contributed by atoms with Crippen molar-refractivity contribution in [1.82, 2.24) is 0 Å². The molecule has 4 aliphatic rings. The highest BCUT2D eigenvalue weighted by atomic mass is 14.6. The maximum Gasteiger partial charge on any atom is 0.0717 e. The van der Waals surface area contributed by atoms with E-state index in [0.29, 0.717) is 0 Å². The van der Waals surface area contributed by atoms with E-state index < -0.39 is 21.7 Å². The zero-order valence-corrected chi connectivity index (χ0v) is 64.4. The van der Waals surface area contributed by atoms with E-state index in [-0.39, 0.29) is 0 Å². The summed E-state index contributed by atoms with van der Waals surface area (Å²) in [6, 6.07) is 113. The number of allylic oxidation sites excluding steroid dienone is 4. The van der Waals surface area contributed by atoms with Crippen molar-refractivity contribution < 1.29 is 0 Å². The molecule has 0 atom stereocenters. The Morgan fingerprint density at radius 1 is 0.170 bits per heavy atom. The zero-order valence-electron chi connectivity index (χ0n) is 64.4. The summed E-state index contributed by atoms with van der Waals surface area (Å²) in [5.74, 6) is 0. The fourth-order valence-electron chi connectivity index (χ4n) is 20.3. The average Bonchev–Trinajstić information content (AvgIpc) is 1.47. The second-order valence-electron chi connectivity index (χ2n) is 31.9. The predicted molar refractivity (Wildman–Crippen MR) is 452 cm³/mol. The molecule has 0 heteroatoms. The van der Waals surface area contributed by atoms with Gasteiger partial charge in [-0.1, -0.05) is 423 Å². The Hall–Kier alpha value is -9.10. The average molecular weight is 1390 g/mol. The third kappa shape index (κ3) is 13.1. The van der Waals surface area contributed by atoms with E-state index >= 15 is 0 Å². The molecule has 0 unspecified atom stereocenters. The zero-order chi connectivity index (χ0) is 72.2. The summed E-state index contributed by atoms with van der Waals surface area (Å²) in [7, 11) is 0. The van der Waals surface area contributed by atoms with Gasteiger partial charge in [0, 0.05) is 0 Å². The van der Waals surface area contributed by atoms with Gasteiger partial charge in [0.1, 0.15) is 0 Å². The molecule has 0 spiro atoms. The molecule has 0 aliphatic heterocycles. The molecule has 0 fully saturated rings. The minimum Gasteiger partial charge on any atom is -0.0654 e. The largest absolute Gasteiger partial charge is 0.0717 e. The minimum atomic E-state index is -0.783. The Labute approximate surface area is 637 Å². The van der Waals surface area contributed by atoms with E-state index in [4.69, 9.17) is 0 Å². The van der Waals surface area contributed by atoms with Crippen molar-refractivity contribution in [2.24, 2.45) is 0 Å². The van der Waals surface area contributed by atoms with Crippen LogP contribution in [0.25, 0.3) is 22.3 Å². The van der Waals surface area contributed by atoms with Gasteiger partial charge >= 0.3 is 0 Å². The first kappa shape index (κ1) is 72.5. The molecule has 0 heterocycles. The first-order chi connectivity index (χ1) is 52.5. The van der Waals surface area contributed by atoms with Crippen LogP contribution in [-0.4, -0.2) is 0 Å². The Balaban J connectivity index is 1.07. The van der Waals surface area contributed by atoms with Crippen LogP contribution in [0.15, 0.2) is 279 Å². The second-order valence-corrected chi connectivity index (χ2v) is 31.9. The number of benzene rings is 11. The van der Waals surface area contributed by atoms with Crippen molar-refractivity contribution in [2.45, 2.75) is 229 Å². The van der Waals surface area contributed by atoms with Crippen molar-refractivity contribution in [2.75, 3.05) is 0 Å². The van der Waals surface area contributed by atoms with Gasteiger partial charge in [-0.2, -0.15) is 0 Å². The third-order valence-corrected chi connectivity index (χ3v) is 25.4. The van der Waals surface area contributed by atoms with E-state index in [1.165, 1.54) is 288 Å². The molecule has 15 rings (SSSR count). The predicted octanol–water partition coefficient (Wildman–Crippen LogP) is 28.5. The van der Waals surface area contributed by atoms with E-state index in [1.807, 2.05) is 0 Å². The molecule has 0 bridgehead atoms. The molecule has 0 saturated heterocycles. The van der Waals surface area contributed by atoms with E-state index in [9.17, 15) is 0 Å². The fraction of sp³-hybridized carbons (Fsp3) is 0.340. The van der Waals surface area contributed by atoms with Crippen LogP contribution in [0.5, 0.6) is 0 Å². The third-order valence-electron chi connectivity index (χ3n) is 25.4. The van der Waals surface area contributed by atoms with Gasteiger partial charge in [-0.05, 0) is 197 Å². The minimum absolute atomic E-state index is 0.715. The lowest BCUT2D eigenvalue weighted by Crippen LogP contribution is -2.33. The molecule has 0 aromatic heterocycles. The summed E-state index contributed by atoms with van der Waals surface area (Å²) in [5, 5.41) is 0. The number of aryl methyl sites for hydroxylation is 4. The van der Waals surface area contributed by atoms with E-state index in [2.05, 4.69) is 307 Å². The van der Waals surface area contributed by atoms with E-state index in [0.717, 1.165) is 25.7 Å². The summed E-state index contributed by atoms with van der Waals surface area (Å²) < 4.78 is 0. The number of rotatable bonds is 36. The Morgan fingerprint density at radius 2 is 0.368 bits per heavy atom. The summed E-state index contributed by atoms with van der Waals surface area (Å²) in [5.41, 5.74) is 29.6. The summed E-state index contributed by atoms with van der Waals surface area (Å²) in [6.07, 6.45) is 35.1. The molecule has 0 saturated carbocycles. The molecule has 0 N–H and O–H groups in total. The maximum absolute atomic E-state index is 2.85. The van der Waals surface area contributed by atoms with Crippen LogP contribution in [0.4, 0.5) is 0 Å². The lowest BCUT2D eigenvalue weighted by Gasteiger charge is -2.40. The smallest absolute Gasteiger partial charge is 0.0654 e. The lowest BCUT2D eigenvalue weighted by molar-refractivity contribution is 0.607. The van der Waals surface area contributed by atoms with E-state index in [1.54, 1.807) is 0 Å². The van der Waals surface area contributed by atoms with Gasteiger partial charge in [-0.25, -0.2) is 0 Å². The lowest BCUT2D eigenvalue weighted by atomic mass is 9.61. The highest BCUT2D eigenvalue weighted by Crippen LogP contribution is 2.74. The number of hydrogen-bond donors (Lipinski definition) is 0. The maximum atomic E-state index is 2.85. The molecular weight excluding hydrogens is 1270 g/mol. The van der Waals surface area contributed by atoms with Gasteiger partial charge in [0.25, 0.3) is 0 Å².